The van der Waals surface area contributed by atoms with Crippen LogP contribution >= 0.6 is 0 Å². The summed E-state index contributed by atoms with van der Waals surface area (Å²) >= 11 is 0. The lowest BCUT2D eigenvalue weighted by Crippen LogP contribution is -2.55. The van der Waals surface area contributed by atoms with E-state index in [-0.39, 0.29) is 5.25 Å². The number of piperazine rings is 1. The maximum atomic E-state index is 11.7. The fourth-order valence-electron chi connectivity index (χ4n) is 2.92. The first-order valence-electron chi connectivity index (χ1n) is 7.83. The van der Waals surface area contributed by atoms with Crippen LogP contribution in [0.1, 0.15) is 32.4 Å². The molecule has 0 radical (unpaired) electrons. The molecule has 0 aliphatic carbocycles. The Morgan fingerprint density at radius 1 is 1.29 bits per heavy atom. The van der Waals surface area contributed by atoms with Crippen molar-refractivity contribution in [1.82, 2.24) is 10.2 Å². The van der Waals surface area contributed by atoms with Crippen LogP contribution in [0, 0.1) is 5.92 Å². The monoisotopic (exact) mass is 308 g/mol. The van der Waals surface area contributed by atoms with Gasteiger partial charge >= 0.3 is 0 Å². The molecule has 3 nitrogen and oxygen atoms in total. The van der Waals surface area contributed by atoms with Crippen molar-refractivity contribution in [2.75, 3.05) is 25.9 Å². The second kappa shape index (κ2) is 7.52. The number of hydrogen-bond acceptors (Lipinski definition) is 3. The van der Waals surface area contributed by atoms with Gasteiger partial charge in [0, 0.05) is 54.0 Å². The molecule has 4 atom stereocenters. The molecule has 4 heteroatoms. The van der Waals surface area contributed by atoms with Crippen molar-refractivity contribution in [3.05, 3.63) is 35.9 Å². The number of hydrogen-bond donors (Lipinski definition) is 1. The first kappa shape index (κ1) is 16.7. The van der Waals surface area contributed by atoms with E-state index < -0.39 is 10.8 Å². The van der Waals surface area contributed by atoms with Gasteiger partial charge in [0.15, 0.2) is 0 Å². The third kappa shape index (κ3) is 4.38. The third-order valence-corrected chi connectivity index (χ3v) is 5.78. The summed E-state index contributed by atoms with van der Waals surface area (Å²) in [5.74, 6) is 0.617. The van der Waals surface area contributed by atoms with Crippen molar-refractivity contribution in [2.24, 2.45) is 5.92 Å². The molecule has 2 rings (SSSR count). The fraction of sp³-hybridized carbons (Fsp3) is 0.647. The van der Waals surface area contributed by atoms with E-state index in [0.717, 1.165) is 19.6 Å². The Hall–Kier alpha value is -0.710. The zero-order valence-electron chi connectivity index (χ0n) is 13.6. The van der Waals surface area contributed by atoms with Gasteiger partial charge in [0.1, 0.15) is 0 Å². The Bertz CT molecular complexity index is 463. The van der Waals surface area contributed by atoms with E-state index in [1.807, 2.05) is 6.26 Å². The van der Waals surface area contributed by atoms with Gasteiger partial charge in [-0.15, -0.1) is 0 Å². The summed E-state index contributed by atoms with van der Waals surface area (Å²) in [6, 6.07) is 11.6. The topological polar surface area (TPSA) is 32.3 Å². The van der Waals surface area contributed by atoms with Crippen molar-refractivity contribution in [2.45, 2.75) is 38.1 Å². The molecule has 0 bridgehead atoms. The molecule has 21 heavy (non-hydrogen) atoms. The Labute approximate surface area is 131 Å². The number of rotatable bonds is 5. The summed E-state index contributed by atoms with van der Waals surface area (Å²) in [7, 11) is -0.767. The van der Waals surface area contributed by atoms with E-state index in [4.69, 9.17) is 0 Å². The van der Waals surface area contributed by atoms with E-state index in [9.17, 15) is 4.21 Å². The first-order valence-corrected chi connectivity index (χ1v) is 9.45. The SMILES string of the molecule is CC(C)C1CN(CC(C)S(C)=O)C(c2ccccc2)CN1. The molecule has 1 aliphatic rings. The highest BCUT2D eigenvalue weighted by Crippen LogP contribution is 2.25. The molecule has 1 heterocycles. The molecule has 0 aromatic heterocycles. The van der Waals surface area contributed by atoms with E-state index in [2.05, 4.69) is 61.3 Å². The minimum atomic E-state index is -0.767. The van der Waals surface area contributed by atoms with E-state index in [1.165, 1.54) is 5.56 Å². The van der Waals surface area contributed by atoms with Crippen LogP contribution in [0.3, 0.4) is 0 Å². The molecule has 0 saturated carbocycles. The molecular formula is C17H28N2OS. The average molecular weight is 308 g/mol. The van der Waals surface area contributed by atoms with Crippen molar-refractivity contribution in [3.8, 4) is 0 Å². The second-order valence-corrected chi connectivity index (χ2v) is 8.25. The third-order valence-electron chi connectivity index (χ3n) is 4.49. The summed E-state index contributed by atoms with van der Waals surface area (Å²) in [6.07, 6.45) is 1.81. The van der Waals surface area contributed by atoms with E-state index >= 15 is 0 Å². The zero-order valence-corrected chi connectivity index (χ0v) is 14.4. The van der Waals surface area contributed by atoms with Gasteiger partial charge in [-0.3, -0.25) is 9.11 Å². The highest BCUT2D eigenvalue weighted by atomic mass is 32.2. The molecule has 0 amide bonds. The summed E-state index contributed by atoms with van der Waals surface area (Å²) in [5.41, 5.74) is 1.35. The van der Waals surface area contributed by atoms with Crippen LogP contribution in [0.25, 0.3) is 0 Å². The van der Waals surface area contributed by atoms with Crippen LogP contribution in [0.5, 0.6) is 0 Å². The summed E-state index contributed by atoms with van der Waals surface area (Å²) in [5, 5.41) is 3.89. The van der Waals surface area contributed by atoms with Gasteiger partial charge in [-0.1, -0.05) is 44.2 Å². The Kier molecular flexibility index (Phi) is 5.97. The van der Waals surface area contributed by atoms with Crippen LogP contribution < -0.4 is 5.32 Å². The summed E-state index contributed by atoms with van der Waals surface area (Å²) in [4.78, 5) is 2.52. The molecule has 1 saturated heterocycles. The number of benzene rings is 1. The smallest absolute Gasteiger partial charge is 0.0473 e. The lowest BCUT2D eigenvalue weighted by Gasteiger charge is -2.43. The van der Waals surface area contributed by atoms with Crippen molar-refractivity contribution in [3.63, 3.8) is 0 Å². The molecule has 4 unspecified atom stereocenters. The summed E-state index contributed by atoms with van der Waals surface area (Å²) < 4.78 is 11.7. The zero-order chi connectivity index (χ0) is 15.4. The molecule has 1 aliphatic heterocycles. The van der Waals surface area contributed by atoms with Crippen LogP contribution in [0.15, 0.2) is 30.3 Å². The molecular weight excluding hydrogens is 280 g/mol. The summed E-state index contributed by atoms with van der Waals surface area (Å²) in [6.45, 7) is 9.51. The molecule has 1 aromatic rings. The minimum absolute atomic E-state index is 0.210. The van der Waals surface area contributed by atoms with Crippen LogP contribution in [0.4, 0.5) is 0 Å². The number of nitrogens with one attached hydrogen (secondary N) is 1. The first-order chi connectivity index (χ1) is 9.99. The lowest BCUT2D eigenvalue weighted by molar-refractivity contribution is 0.114. The van der Waals surface area contributed by atoms with E-state index in [1.54, 1.807) is 0 Å². The standard InChI is InChI=1S/C17H28N2OS/c1-13(2)16-12-19(11-14(3)21(4)20)17(10-18-16)15-8-6-5-7-9-15/h5-9,13-14,16-18H,10-12H2,1-4H3. The Morgan fingerprint density at radius 2 is 1.95 bits per heavy atom. The largest absolute Gasteiger partial charge is 0.311 e. The Balaban J connectivity index is 2.16. The van der Waals surface area contributed by atoms with Gasteiger partial charge in [-0.05, 0) is 18.4 Å². The second-order valence-electron chi connectivity index (χ2n) is 6.45. The maximum Gasteiger partial charge on any atom is 0.0473 e. The van der Waals surface area contributed by atoms with Gasteiger partial charge in [-0.2, -0.15) is 0 Å². The van der Waals surface area contributed by atoms with Crippen molar-refractivity contribution < 1.29 is 4.21 Å². The van der Waals surface area contributed by atoms with Crippen LogP contribution in [0.2, 0.25) is 0 Å². The predicted octanol–water partition coefficient (Wildman–Crippen LogP) is 2.42. The molecule has 1 N–H and O–H groups in total. The van der Waals surface area contributed by atoms with Crippen molar-refractivity contribution in [1.29, 1.82) is 0 Å². The van der Waals surface area contributed by atoms with Gasteiger partial charge in [0.05, 0.1) is 0 Å². The van der Waals surface area contributed by atoms with Crippen LogP contribution in [-0.4, -0.2) is 46.3 Å². The van der Waals surface area contributed by atoms with E-state index in [0.29, 0.717) is 18.0 Å². The quantitative estimate of drug-likeness (QED) is 0.907. The number of nitrogens with zero attached hydrogens (tertiary/aromatic N) is 1. The maximum absolute atomic E-state index is 11.7. The molecule has 0 spiro atoms. The highest BCUT2D eigenvalue weighted by molar-refractivity contribution is 7.84. The average Bonchev–Trinajstić information content (AvgIpc) is 2.47. The van der Waals surface area contributed by atoms with Gasteiger partial charge in [0.25, 0.3) is 0 Å². The highest BCUT2D eigenvalue weighted by Gasteiger charge is 2.31. The molecule has 1 fully saturated rings. The van der Waals surface area contributed by atoms with Crippen LogP contribution in [-0.2, 0) is 10.8 Å². The predicted molar refractivity (Wildman–Crippen MR) is 90.9 cm³/mol. The van der Waals surface area contributed by atoms with Gasteiger partial charge in [0.2, 0.25) is 0 Å². The van der Waals surface area contributed by atoms with Crippen molar-refractivity contribution >= 4 is 10.8 Å². The van der Waals surface area contributed by atoms with Gasteiger partial charge in [-0.25, -0.2) is 0 Å². The molecule has 118 valence electrons. The Morgan fingerprint density at radius 3 is 2.52 bits per heavy atom. The van der Waals surface area contributed by atoms with Gasteiger partial charge < -0.3 is 5.32 Å². The lowest BCUT2D eigenvalue weighted by atomic mass is 9.96. The normalized spacial score (nSPS) is 26.7. The molecule has 1 aromatic carbocycles. The minimum Gasteiger partial charge on any atom is -0.311 e. The fourth-order valence-corrected chi connectivity index (χ4v) is 3.33.